The SMILES string of the molecule is CO[C@H]1C[C@H]2C=C[C@H]3[C@H]4O[C@]2(/C(C)=C/[C@@H](C)[C@@H]([C@@H](C)OC(=O)C[n+]2cccc(C)c2)OC1=O)[C@@H]3[C@H](O)[C@@H](C)[C@H]4OC(=O)C1=CC=CC1. The summed E-state index contributed by atoms with van der Waals surface area (Å²) in [6.07, 6.45) is 11.5. The van der Waals surface area contributed by atoms with Crippen LogP contribution in [-0.4, -0.2) is 72.3 Å². The largest absolute Gasteiger partial charge is 0.456 e. The van der Waals surface area contributed by atoms with Gasteiger partial charge >= 0.3 is 17.9 Å². The van der Waals surface area contributed by atoms with Crippen molar-refractivity contribution in [1.82, 2.24) is 0 Å². The molecule has 0 radical (unpaired) electrons. The molecule has 1 N–H and O–H groups in total. The van der Waals surface area contributed by atoms with E-state index in [1.165, 1.54) is 7.11 Å². The second-order valence-corrected chi connectivity index (χ2v) is 13.8. The number of carbonyl (C=O) groups excluding carboxylic acids is 3. The smallest absolute Gasteiger partial charge is 0.373 e. The van der Waals surface area contributed by atoms with Crippen molar-refractivity contribution in [2.75, 3.05) is 7.11 Å². The number of aliphatic hydroxyl groups is 1. The number of aliphatic hydroxyl groups excluding tert-OH is 1. The van der Waals surface area contributed by atoms with Crippen LogP contribution in [0.5, 0.6) is 0 Å². The molecule has 5 aliphatic rings. The average molecular weight is 649 g/mol. The van der Waals surface area contributed by atoms with Crippen LogP contribution in [0.1, 0.15) is 46.1 Å². The molecule has 1 saturated heterocycles. The third-order valence-electron chi connectivity index (χ3n) is 10.8. The Hall–Kier alpha value is -3.60. The molecule has 0 amide bonds. The molecule has 0 unspecified atom stereocenters. The Morgan fingerprint density at radius 1 is 1.21 bits per heavy atom. The molecule has 1 aromatic heterocycles. The molecule has 4 bridgehead atoms. The van der Waals surface area contributed by atoms with Gasteiger partial charge in [0.05, 0.1) is 6.10 Å². The van der Waals surface area contributed by atoms with Gasteiger partial charge in [-0.3, -0.25) is 0 Å². The van der Waals surface area contributed by atoms with E-state index < -0.39 is 66.1 Å². The molecule has 1 saturated carbocycles. The Kier molecular flexibility index (Phi) is 9.30. The Bertz CT molecular complexity index is 1530. The molecule has 0 aromatic carbocycles. The van der Waals surface area contributed by atoms with Crippen LogP contribution in [0.3, 0.4) is 0 Å². The number of hydrogen-bond donors (Lipinski definition) is 1. The first-order valence-corrected chi connectivity index (χ1v) is 16.6. The lowest BCUT2D eigenvalue weighted by Crippen LogP contribution is -2.57. The number of nitrogens with zero attached hydrogens (tertiary/aromatic N) is 1. The van der Waals surface area contributed by atoms with E-state index in [0.717, 1.165) is 11.1 Å². The Labute approximate surface area is 276 Å². The van der Waals surface area contributed by atoms with E-state index in [0.29, 0.717) is 12.0 Å². The van der Waals surface area contributed by atoms with E-state index in [-0.39, 0.29) is 36.6 Å². The summed E-state index contributed by atoms with van der Waals surface area (Å²) in [6, 6.07) is 3.81. The Morgan fingerprint density at radius 3 is 2.70 bits per heavy atom. The fourth-order valence-corrected chi connectivity index (χ4v) is 8.50. The van der Waals surface area contributed by atoms with Gasteiger partial charge in [-0.2, -0.15) is 4.57 Å². The zero-order valence-corrected chi connectivity index (χ0v) is 27.9. The summed E-state index contributed by atoms with van der Waals surface area (Å²) in [5, 5.41) is 11.9. The summed E-state index contributed by atoms with van der Waals surface area (Å²) in [7, 11) is 1.47. The molecule has 252 valence electrons. The minimum absolute atomic E-state index is 0.0155. The first-order chi connectivity index (χ1) is 22.4. The molecule has 10 heteroatoms. The van der Waals surface area contributed by atoms with Gasteiger partial charge in [-0.1, -0.05) is 50.3 Å². The number of aryl methyl sites for hydroxylation is 1. The van der Waals surface area contributed by atoms with E-state index in [2.05, 4.69) is 12.2 Å². The van der Waals surface area contributed by atoms with Crippen molar-refractivity contribution in [3.63, 3.8) is 0 Å². The second kappa shape index (κ2) is 13.1. The highest BCUT2D eigenvalue weighted by Gasteiger charge is 2.69. The minimum Gasteiger partial charge on any atom is -0.456 e. The van der Waals surface area contributed by atoms with Gasteiger partial charge in [0.25, 0.3) is 0 Å². The summed E-state index contributed by atoms with van der Waals surface area (Å²) in [5.41, 5.74) is 1.48. The lowest BCUT2D eigenvalue weighted by molar-refractivity contribution is -0.686. The molecule has 47 heavy (non-hydrogen) atoms. The standard InChI is InChI=1S/C37H46NO9/c1-20-10-9-15-38(18-20)19-29(39)44-24(5)32-21(2)16-22(3)37-26(17-28(43-6)36(42)45-32)13-14-27-30(37)31(40)23(4)33(34(27)47-37)46-35(41)25-11-7-8-12-25/h7-11,13-16,18,21,23-24,26-28,30-34,40H,12,17,19H2,1-6H3/q+1/b22-16+/t21-,23-,24-,26-,27-,28+,30+,31-,32+,33-,34-,37+/m1/s1. The van der Waals surface area contributed by atoms with Crippen LogP contribution in [0.25, 0.3) is 0 Å². The summed E-state index contributed by atoms with van der Waals surface area (Å²) in [5.74, 6) is -3.05. The normalized spacial score (nSPS) is 39.2. The molecule has 2 fully saturated rings. The highest BCUT2D eigenvalue weighted by Crippen LogP contribution is 2.61. The van der Waals surface area contributed by atoms with Crippen LogP contribution in [0.15, 0.2) is 72.1 Å². The van der Waals surface area contributed by atoms with Crippen molar-refractivity contribution >= 4 is 17.9 Å². The van der Waals surface area contributed by atoms with Gasteiger partial charge < -0.3 is 28.8 Å². The number of cyclic esters (lactones) is 1. The molecule has 1 aromatic rings. The van der Waals surface area contributed by atoms with Crippen LogP contribution in [0, 0.1) is 36.5 Å². The summed E-state index contributed by atoms with van der Waals surface area (Å²) >= 11 is 0. The number of carbonyl (C=O) groups is 3. The fraction of sp³-hybridized carbons (Fsp3) is 0.568. The first-order valence-electron chi connectivity index (χ1n) is 16.6. The summed E-state index contributed by atoms with van der Waals surface area (Å²) < 4.78 is 32.5. The van der Waals surface area contributed by atoms with Crippen LogP contribution >= 0.6 is 0 Å². The van der Waals surface area contributed by atoms with Crippen LogP contribution in [0.4, 0.5) is 0 Å². The molecule has 3 heterocycles. The van der Waals surface area contributed by atoms with E-state index in [1.807, 2.05) is 64.3 Å². The third kappa shape index (κ3) is 6.00. The number of allylic oxidation sites excluding steroid dienone is 3. The predicted molar refractivity (Wildman–Crippen MR) is 169 cm³/mol. The van der Waals surface area contributed by atoms with E-state index in [9.17, 15) is 19.5 Å². The van der Waals surface area contributed by atoms with Gasteiger partial charge in [-0.25, -0.2) is 14.4 Å². The third-order valence-corrected chi connectivity index (χ3v) is 10.8. The number of pyridine rings is 1. The monoisotopic (exact) mass is 648 g/mol. The molecule has 10 nitrogen and oxygen atoms in total. The summed E-state index contributed by atoms with van der Waals surface area (Å²) in [4.78, 5) is 39.7. The predicted octanol–water partition coefficient (Wildman–Crippen LogP) is 3.49. The van der Waals surface area contributed by atoms with Gasteiger partial charge in [0, 0.05) is 53.9 Å². The lowest BCUT2D eigenvalue weighted by atomic mass is 9.57. The molecule has 6 rings (SSSR count). The lowest BCUT2D eigenvalue weighted by Gasteiger charge is -2.49. The van der Waals surface area contributed by atoms with Gasteiger partial charge in [0.15, 0.2) is 18.5 Å². The molecular weight excluding hydrogens is 602 g/mol. The Balaban J connectivity index is 1.31. The van der Waals surface area contributed by atoms with Crippen molar-refractivity contribution in [1.29, 1.82) is 0 Å². The van der Waals surface area contributed by atoms with Crippen LogP contribution in [0.2, 0.25) is 0 Å². The minimum atomic E-state index is -0.984. The number of hydrogen-bond acceptors (Lipinski definition) is 9. The Morgan fingerprint density at radius 2 is 2.00 bits per heavy atom. The first kappa shape index (κ1) is 33.3. The zero-order valence-electron chi connectivity index (χ0n) is 27.9. The molecule has 12 atom stereocenters. The number of esters is 3. The second-order valence-electron chi connectivity index (χ2n) is 13.8. The molecule has 1 spiro atoms. The average Bonchev–Trinajstić information content (AvgIpc) is 3.63. The van der Waals surface area contributed by atoms with Crippen LogP contribution < -0.4 is 4.57 Å². The molecular formula is C37H46NO9+. The summed E-state index contributed by atoms with van der Waals surface area (Å²) in [6.45, 7) is 9.49. The number of ether oxygens (including phenoxy) is 5. The molecule has 3 aliphatic carbocycles. The van der Waals surface area contributed by atoms with E-state index >= 15 is 0 Å². The van der Waals surface area contributed by atoms with Crippen molar-refractivity contribution in [2.24, 2.45) is 29.6 Å². The zero-order chi connectivity index (χ0) is 33.6. The van der Waals surface area contributed by atoms with Crippen molar-refractivity contribution in [3.8, 4) is 0 Å². The van der Waals surface area contributed by atoms with E-state index in [4.69, 9.17) is 23.7 Å². The van der Waals surface area contributed by atoms with Gasteiger partial charge in [-0.05, 0) is 45.3 Å². The maximum absolute atomic E-state index is 13.6. The highest BCUT2D eigenvalue weighted by molar-refractivity contribution is 5.90. The van der Waals surface area contributed by atoms with Gasteiger partial charge in [0.1, 0.15) is 30.0 Å². The quantitative estimate of drug-likeness (QED) is 0.205. The van der Waals surface area contributed by atoms with E-state index in [1.54, 1.807) is 23.8 Å². The van der Waals surface area contributed by atoms with Crippen molar-refractivity contribution in [3.05, 3.63) is 77.7 Å². The van der Waals surface area contributed by atoms with Gasteiger partial charge in [-0.15, -0.1) is 0 Å². The topological polar surface area (TPSA) is 121 Å². The number of methoxy groups -OCH3 is 1. The van der Waals surface area contributed by atoms with Crippen LogP contribution in [-0.2, 0) is 44.6 Å². The maximum Gasteiger partial charge on any atom is 0.373 e. The fourth-order valence-electron chi connectivity index (χ4n) is 8.50. The van der Waals surface area contributed by atoms with Gasteiger partial charge in [0.2, 0.25) is 6.54 Å². The number of rotatable bonds is 7. The van der Waals surface area contributed by atoms with Crippen molar-refractivity contribution < 1.29 is 47.7 Å². The maximum atomic E-state index is 13.6. The number of aromatic nitrogens is 1. The molecule has 2 aliphatic heterocycles. The van der Waals surface area contributed by atoms with Crippen molar-refractivity contribution in [2.45, 2.75) is 96.2 Å². The highest BCUT2D eigenvalue weighted by atomic mass is 16.6.